The van der Waals surface area contributed by atoms with E-state index in [2.05, 4.69) is 17.0 Å². The predicted molar refractivity (Wildman–Crippen MR) is 76.7 cm³/mol. The molecule has 1 aromatic rings. The SMILES string of the molecule is Cc1ccc(S(=O)(=O)NC2CCNC(C)C2)cc1C. The van der Waals surface area contributed by atoms with Crippen molar-refractivity contribution in [2.45, 2.75) is 50.6 Å². The van der Waals surface area contributed by atoms with E-state index in [1.54, 1.807) is 12.1 Å². The molecule has 4 nitrogen and oxygen atoms in total. The van der Waals surface area contributed by atoms with Gasteiger partial charge in [0, 0.05) is 12.1 Å². The largest absolute Gasteiger partial charge is 0.314 e. The number of piperidine rings is 1. The maximum absolute atomic E-state index is 12.3. The Kier molecular flexibility index (Phi) is 4.28. The van der Waals surface area contributed by atoms with Gasteiger partial charge >= 0.3 is 0 Å². The van der Waals surface area contributed by atoms with E-state index >= 15 is 0 Å². The van der Waals surface area contributed by atoms with Gasteiger partial charge in [-0.3, -0.25) is 0 Å². The summed E-state index contributed by atoms with van der Waals surface area (Å²) in [6, 6.07) is 5.66. The zero-order valence-electron chi connectivity index (χ0n) is 11.7. The molecule has 1 saturated heterocycles. The van der Waals surface area contributed by atoms with Crippen molar-refractivity contribution in [3.63, 3.8) is 0 Å². The standard InChI is InChI=1S/C14H22N2O2S/c1-10-4-5-14(8-11(10)2)19(17,18)16-13-6-7-15-12(3)9-13/h4-5,8,12-13,15-16H,6-7,9H2,1-3H3. The number of hydrogen-bond donors (Lipinski definition) is 2. The van der Waals surface area contributed by atoms with E-state index in [0.29, 0.717) is 10.9 Å². The number of nitrogens with one attached hydrogen (secondary N) is 2. The molecule has 2 atom stereocenters. The first kappa shape index (κ1) is 14.5. The molecule has 2 rings (SSSR count). The van der Waals surface area contributed by atoms with Crippen molar-refractivity contribution in [1.29, 1.82) is 0 Å². The highest BCUT2D eigenvalue weighted by molar-refractivity contribution is 7.89. The molecule has 2 N–H and O–H groups in total. The van der Waals surface area contributed by atoms with Gasteiger partial charge in [0.2, 0.25) is 10.0 Å². The summed E-state index contributed by atoms with van der Waals surface area (Å²) in [6.07, 6.45) is 1.68. The lowest BCUT2D eigenvalue weighted by atomic mass is 10.0. The highest BCUT2D eigenvalue weighted by Gasteiger charge is 2.24. The minimum Gasteiger partial charge on any atom is -0.314 e. The van der Waals surface area contributed by atoms with Crippen LogP contribution in [-0.2, 0) is 10.0 Å². The summed E-state index contributed by atoms with van der Waals surface area (Å²) in [5.74, 6) is 0. The Bertz CT molecular complexity index is 555. The second-order valence-corrected chi connectivity index (χ2v) is 7.16. The number of benzene rings is 1. The zero-order valence-corrected chi connectivity index (χ0v) is 12.5. The van der Waals surface area contributed by atoms with Crippen LogP contribution in [0, 0.1) is 13.8 Å². The van der Waals surface area contributed by atoms with Crippen LogP contribution < -0.4 is 10.0 Å². The van der Waals surface area contributed by atoms with Crippen molar-refractivity contribution in [2.24, 2.45) is 0 Å². The third kappa shape index (κ3) is 3.55. The van der Waals surface area contributed by atoms with Gasteiger partial charge in [-0.15, -0.1) is 0 Å². The van der Waals surface area contributed by atoms with Crippen LogP contribution in [0.4, 0.5) is 0 Å². The summed E-state index contributed by atoms with van der Waals surface area (Å²) in [5.41, 5.74) is 2.11. The van der Waals surface area contributed by atoms with Gasteiger partial charge in [-0.2, -0.15) is 0 Å². The highest BCUT2D eigenvalue weighted by Crippen LogP contribution is 2.17. The molecular formula is C14H22N2O2S. The van der Waals surface area contributed by atoms with E-state index in [1.165, 1.54) is 0 Å². The van der Waals surface area contributed by atoms with Gasteiger partial charge in [-0.1, -0.05) is 6.07 Å². The predicted octanol–water partition coefficient (Wildman–Crippen LogP) is 1.72. The number of sulfonamides is 1. The smallest absolute Gasteiger partial charge is 0.240 e. The van der Waals surface area contributed by atoms with Crippen molar-refractivity contribution in [3.05, 3.63) is 29.3 Å². The normalized spacial score (nSPS) is 24.4. The molecule has 0 bridgehead atoms. The number of hydrogen-bond acceptors (Lipinski definition) is 3. The molecule has 1 aromatic carbocycles. The molecule has 106 valence electrons. The molecule has 2 unspecified atom stereocenters. The minimum absolute atomic E-state index is 0.0304. The molecule has 0 aromatic heterocycles. The van der Waals surface area contributed by atoms with E-state index in [1.807, 2.05) is 19.9 Å². The topological polar surface area (TPSA) is 58.2 Å². The van der Waals surface area contributed by atoms with Crippen LogP contribution in [-0.4, -0.2) is 27.0 Å². The second kappa shape index (κ2) is 5.61. The average Bonchev–Trinajstić information content (AvgIpc) is 2.32. The first-order valence-corrected chi connectivity index (χ1v) is 8.20. The molecular weight excluding hydrogens is 260 g/mol. The summed E-state index contributed by atoms with van der Waals surface area (Å²) in [7, 11) is -3.40. The number of rotatable bonds is 3. The summed E-state index contributed by atoms with van der Waals surface area (Å²) in [4.78, 5) is 0.363. The number of aryl methyl sites for hydroxylation is 2. The summed E-state index contributed by atoms with van der Waals surface area (Å²) >= 11 is 0. The summed E-state index contributed by atoms with van der Waals surface area (Å²) < 4.78 is 27.5. The van der Waals surface area contributed by atoms with Crippen molar-refractivity contribution < 1.29 is 8.42 Å². The average molecular weight is 282 g/mol. The Labute approximate surface area is 115 Å². The van der Waals surface area contributed by atoms with Gasteiger partial charge in [-0.05, 0) is 63.4 Å². The van der Waals surface area contributed by atoms with Gasteiger partial charge in [0.05, 0.1) is 4.90 Å². The van der Waals surface area contributed by atoms with Gasteiger partial charge in [0.1, 0.15) is 0 Å². The van der Waals surface area contributed by atoms with Crippen LogP contribution >= 0.6 is 0 Å². The Balaban J connectivity index is 2.15. The van der Waals surface area contributed by atoms with Crippen LogP contribution in [0.2, 0.25) is 0 Å². The molecule has 1 heterocycles. The summed E-state index contributed by atoms with van der Waals surface area (Å²) in [6.45, 7) is 6.85. The molecule has 1 aliphatic rings. The van der Waals surface area contributed by atoms with E-state index < -0.39 is 10.0 Å². The second-order valence-electron chi connectivity index (χ2n) is 5.44. The molecule has 1 aliphatic heterocycles. The van der Waals surface area contributed by atoms with Crippen LogP contribution in [0.5, 0.6) is 0 Å². The molecule has 0 saturated carbocycles. The Morgan fingerprint density at radius 1 is 1.26 bits per heavy atom. The fourth-order valence-corrected chi connectivity index (χ4v) is 3.78. The van der Waals surface area contributed by atoms with Crippen molar-refractivity contribution >= 4 is 10.0 Å². The first-order chi connectivity index (χ1) is 8.88. The maximum Gasteiger partial charge on any atom is 0.240 e. The van der Waals surface area contributed by atoms with E-state index in [9.17, 15) is 8.42 Å². The molecule has 0 aliphatic carbocycles. The van der Waals surface area contributed by atoms with E-state index in [-0.39, 0.29) is 6.04 Å². The van der Waals surface area contributed by atoms with Crippen molar-refractivity contribution in [3.8, 4) is 0 Å². The highest BCUT2D eigenvalue weighted by atomic mass is 32.2. The quantitative estimate of drug-likeness (QED) is 0.887. The lowest BCUT2D eigenvalue weighted by Crippen LogP contribution is -2.46. The lowest BCUT2D eigenvalue weighted by molar-refractivity contribution is 0.361. The third-order valence-electron chi connectivity index (χ3n) is 3.73. The van der Waals surface area contributed by atoms with E-state index in [4.69, 9.17) is 0 Å². The van der Waals surface area contributed by atoms with Gasteiger partial charge < -0.3 is 5.32 Å². The maximum atomic E-state index is 12.3. The first-order valence-electron chi connectivity index (χ1n) is 6.71. The third-order valence-corrected chi connectivity index (χ3v) is 5.25. The molecule has 0 amide bonds. The van der Waals surface area contributed by atoms with Crippen LogP contribution in [0.25, 0.3) is 0 Å². The van der Waals surface area contributed by atoms with Gasteiger partial charge in [0.25, 0.3) is 0 Å². The van der Waals surface area contributed by atoms with Crippen molar-refractivity contribution in [2.75, 3.05) is 6.54 Å². The van der Waals surface area contributed by atoms with Crippen LogP contribution in [0.3, 0.4) is 0 Å². The Morgan fingerprint density at radius 2 is 2.00 bits per heavy atom. The van der Waals surface area contributed by atoms with Crippen LogP contribution in [0.15, 0.2) is 23.1 Å². The van der Waals surface area contributed by atoms with Crippen LogP contribution in [0.1, 0.15) is 30.9 Å². The Hall–Kier alpha value is -0.910. The summed E-state index contributed by atoms with van der Waals surface area (Å²) in [5, 5.41) is 3.32. The van der Waals surface area contributed by atoms with Gasteiger partial charge in [-0.25, -0.2) is 13.1 Å². The fourth-order valence-electron chi connectivity index (χ4n) is 2.41. The minimum atomic E-state index is -3.40. The molecule has 5 heteroatoms. The lowest BCUT2D eigenvalue weighted by Gasteiger charge is -2.28. The molecule has 0 spiro atoms. The van der Waals surface area contributed by atoms with Crippen molar-refractivity contribution in [1.82, 2.24) is 10.0 Å². The zero-order chi connectivity index (χ0) is 14.0. The monoisotopic (exact) mass is 282 g/mol. The van der Waals surface area contributed by atoms with Gasteiger partial charge in [0.15, 0.2) is 0 Å². The molecule has 1 fully saturated rings. The van der Waals surface area contributed by atoms with E-state index in [0.717, 1.165) is 30.5 Å². The Morgan fingerprint density at radius 3 is 2.63 bits per heavy atom. The molecule has 19 heavy (non-hydrogen) atoms. The molecule has 0 radical (unpaired) electrons. The fraction of sp³-hybridized carbons (Fsp3) is 0.571.